The molecule has 8 bridgehead atoms. The summed E-state index contributed by atoms with van der Waals surface area (Å²) in [6.07, 6.45) is 15.1. The summed E-state index contributed by atoms with van der Waals surface area (Å²) in [5, 5.41) is 0. The van der Waals surface area contributed by atoms with Crippen LogP contribution in [0.4, 0.5) is 0 Å². The summed E-state index contributed by atoms with van der Waals surface area (Å²) in [7, 11) is 0. The molecule has 5 heterocycles. The molecule has 6 aliphatic rings. The molecule has 7 nitrogen and oxygen atoms in total. The van der Waals surface area contributed by atoms with E-state index in [9.17, 15) is 9.59 Å². The van der Waals surface area contributed by atoms with Crippen molar-refractivity contribution >= 4 is 80.0 Å². The summed E-state index contributed by atoms with van der Waals surface area (Å²) in [6.45, 7) is 24.5. The van der Waals surface area contributed by atoms with E-state index in [1.165, 1.54) is 80.4 Å². The third kappa shape index (κ3) is 7.82. The second-order valence-electron chi connectivity index (χ2n) is 19.5. The topological polar surface area (TPSA) is 101 Å². The first-order valence-corrected chi connectivity index (χ1v) is 23.8. The Hall–Kier alpha value is -3.72. The minimum atomic E-state index is -0.0411. The van der Waals surface area contributed by atoms with Crippen LogP contribution in [0.1, 0.15) is 178 Å². The van der Waals surface area contributed by atoms with Crippen molar-refractivity contribution in [1.82, 2.24) is 19.9 Å². The van der Waals surface area contributed by atoms with E-state index < -0.39 is 0 Å². The smallest absolute Gasteiger partial charge is 0.305 e. The molecule has 328 valence electrons. The number of aromatic nitrogens is 4. The first kappa shape index (κ1) is 46.3. The van der Waals surface area contributed by atoms with Crippen LogP contribution >= 0.6 is 0 Å². The Labute approximate surface area is 387 Å². The molecular weight excluding hydrogens is 871 g/mol. The van der Waals surface area contributed by atoms with Gasteiger partial charge in [0, 0.05) is 64.2 Å². The van der Waals surface area contributed by atoms with Crippen LogP contribution in [-0.4, -0.2) is 61.7 Å². The summed E-state index contributed by atoms with van der Waals surface area (Å²) < 4.78 is 5.86. The van der Waals surface area contributed by atoms with Gasteiger partial charge in [0.1, 0.15) is 6.10 Å². The molecule has 3 saturated carbocycles. The Morgan fingerprint density at radius 3 is 1.81 bits per heavy atom. The predicted molar refractivity (Wildman–Crippen MR) is 257 cm³/mol. The third-order valence-corrected chi connectivity index (χ3v) is 16.7. The van der Waals surface area contributed by atoms with Crippen LogP contribution in [0.3, 0.4) is 0 Å². The number of nitrogens with zero attached hydrogens (tertiary/aromatic N) is 2. The van der Waals surface area contributed by atoms with Crippen molar-refractivity contribution in [1.29, 1.82) is 0 Å². The number of ketones is 1. The normalized spacial score (nSPS) is 26.5. The molecule has 62 heavy (non-hydrogen) atoms. The fraction of sp³-hybridized carbons (Fsp3) is 0.556. The van der Waals surface area contributed by atoms with E-state index in [0.29, 0.717) is 24.0 Å². The molecule has 9 rings (SSSR count). The number of aryl methyl sites for hydroxylation is 4. The van der Waals surface area contributed by atoms with Gasteiger partial charge in [-0.25, -0.2) is 9.97 Å². The quantitative estimate of drug-likeness (QED) is 0.189. The second kappa shape index (κ2) is 18.0. The summed E-state index contributed by atoms with van der Waals surface area (Å²) in [5.41, 5.74) is 21.1. The van der Waals surface area contributed by atoms with E-state index in [0.717, 1.165) is 97.5 Å². The van der Waals surface area contributed by atoms with Crippen molar-refractivity contribution in [3.05, 3.63) is 80.9 Å². The fourth-order valence-electron chi connectivity index (χ4n) is 13.0. The number of ether oxygens (including phenoxy) is 1. The van der Waals surface area contributed by atoms with E-state index in [-0.39, 0.29) is 46.8 Å². The van der Waals surface area contributed by atoms with Gasteiger partial charge in [0.25, 0.3) is 0 Å². The zero-order valence-electron chi connectivity index (χ0n) is 39.5. The zero-order chi connectivity index (χ0) is 43.5. The summed E-state index contributed by atoms with van der Waals surface area (Å²) in [5.74, 6) is 2.41. The molecule has 4 radical (unpaired) electrons. The Kier molecular flexibility index (Phi) is 13.5. The number of rotatable bonds is 6. The number of aromatic amines is 2. The van der Waals surface area contributed by atoms with Crippen LogP contribution in [0, 0.1) is 42.4 Å². The van der Waals surface area contributed by atoms with Crippen molar-refractivity contribution in [3.63, 3.8) is 0 Å². The van der Waals surface area contributed by atoms with E-state index >= 15 is 0 Å². The van der Waals surface area contributed by atoms with Crippen LogP contribution in [0.15, 0.2) is 35.9 Å². The summed E-state index contributed by atoms with van der Waals surface area (Å²) in [6, 6.07) is 8.98. The maximum atomic E-state index is 11.9. The van der Waals surface area contributed by atoms with Crippen LogP contribution in [-0.2, 0) is 27.2 Å². The van der Waals surface area contributed by atoms with Crippen molar-refractivity contribution in [2.45, 2.75) is 166 Å². The van der Waals surface area contributed by atoms with E-state index in [1.54, 1.807) is 0 Å². The minimum absolute atomic E-state index is 0. The summed E-state index contributed by atoms with van der Waals surface area (Å²) >= 11 is 0. The van der Waals surface area contributed by atoms with Gasteiger partial charge in [-0.15, -0.1) is 0 Å². The molecule has 6 atom stereocenters. The maximum absolute atomic E-state index is 11.9. The van der Waals surface area contributed by atoms with Gasteiger partial charge in [0.2, 0.25) is 0 Å². The third-order valence-electron chi connectivity index (χ3n) is 16.7. The largest absolute Gasteiger partial charge is 0.462 e. The van der Waals surface area contributed by atoms with E-state index in [1.807, 2.05) is 13.0 Å². The molecule has 3 fully saturated rings. The van der Waals surface area contributed by atoms with Gasteiger partial charge >= 0.3 is 5.97 Å². The van der Waals surface area contributed by atoms with Crippen molar-refractivity contribution in [2.24, 2.45) is 28.6 Å². The van der Waals surface area contributed by atoms with Gasteiger partial charge in [-0.05, 0) is 196 Å². The van der Waals surface area contributed by atoms with Crippen LogP contribution in [0.2, 0.25) is 0 Å². The predicted octanol–water partition coefficient (Wildman–Crippen LogP) is 13.2. The van der Waals surface area contributed by atoms with Gasteiger partial charge < -0.3 is 14.7 Å². The molecule has 0 spiro atoms. The molecule has 0 unspecified atom stereocenters. The number of H-pyrrole nitrogens is 2. The van der Waals surface area contributed by atoms with Crippen molar-refractivity contribution in [3.8, 4) is 0 Å². The van der Waals surface area contributed by atoms with Crippen molar-refractivity contribution in [2.75, 3.05) is 0 Å². The number of hydrogen-bond donors (Lipinski definition) is 2. The fourth-order valence-corrected chi connectivity index (χ4v) is 13.0. The average molecular weight is 942 g/mol. The second-order valence-corrected chi connectivity index (χ2v) is 19.5. The Morgan fingerprint density at radius 1 is 0.677 bits per heavy atom. The molecule has 8 heteroatoms. The first-order chi connectivity index (χ1) is 29.2. The Morgan fingerprint density at radius 2 is 1.24 bits per heavy atom. The minimum Gasteiger partial charge on any atom is -0.462 e. The number of esters is 1. The number of allylic oxidation sites excluding steroid dienone is 5. The number of hydrogen-bond acceptors (Lipinski definition) is 5. The molecule has 0 saturated heterocycles. The number of nitrogens with one attached hydrogen (secondary N) is 2. The molecule has 2 aliphatic heterocycles. The van der Waals surface area contributed by atoms with E-state index in [4.69, 9.17) is 14.7 Å². The van der Waals surface area contributed by atoms with Gasteiger partial charge in [-0.3, -0.25) is 9.59 Å². The molecule has 3 aromatic rings. The van der Waals surface area contributed by atoms with Crippen LogP contribution in [0.25, 0.3) is 44.4 Å². The SMILES string of the molecule is CCC(=O)O[C@H]1CC[C@H]2[C@@H]3CCC4=CC(=O)CC[C@]4(C)[C@H]3CC[C@]12C.CCC1=C(C)c2cc3[nH]c(cc4[nH]c(cc5nc(cc1n2)C(C)=C5CC)c(C)c4CC)c(CC)c3C.[Sn]. The van der Waals surface area contributed by atoms with E-state index in [2.05, 4.69) is 103 Å². The number of carbonyl (C=O) groups is 2. The zero-order valence-corrected chi connectivity index (χ0v) is 42.4. The molecule has 2 N–H and O–H groups in total. The molecule has 3 aromatic heterocycles. The van der Waals surface area contributed by atoms with Gasteiger partial charge in [0.15, 0.2) is 5.78 Å². The van der Waals surface area contributed by atoms with Crippen molar-refractivity contribution < 1.29 is 14.3 Å². The number of fused-ring (bicyclic) bond motifs is 13. The van der Waals surface area contributed by atoms with Gasteiger partial charge in [0.05, 0.1) is 22.8 Å². The monoisotopic (exact) mass is 942 g/mol. The van der Waals surface area contributed by atoms with Crippen LogP contribution < -0.4 is 0 Å². The molecular formula is C54H70N4O3Sn. The standard InChI is InChI=1S/C32H38N4.C22H32O3.Sn/c1-9-21-17(5)25-13-26-18(6)23(11-3)31(34-26)16-32-24(12-4)20(8)28(36-32)15-30-22(10-2)19(7)27(35-30)14-29(21)33-25;1-4-20(24)25-19-8-7-17-16-6-5-14-13-15(23)9-11-21(14,2)18(16)10-12-22(17,19)3;/h13-16,34,36H,9-12H2,1-8H3;13,16-19H,4-12H2,1-3H3;/t;16-,17-,18-,19-,21-,22-;/m.0./s1. The Balaban J connectivity index is 0.000000195. The number of carbonyl (C=O) groups excluding carboxylic acids is 2. The maximum Gasteiger partial charge on any atom is 0.305 e. The summed E-state index contributed by atoms with van der Waals surface area (Å²) in [4.78, 5) is 41.5. The first-order valence-electron chi connectivity index (χ1n) is 23.8. The molecule has 0 amide bonds. The molecule has 0 aromatic carbocycles. The van der Waals surface area contributed by atoms with Gasteiger partial charge in [-0.1, -0.05) is 54.0 Å². The van der Waals surface area contributed by atoms with Crippen LogP contribution in [0.5, 0.6) is 0 Å². The molecule has 4 aliphatic carbocycles. The average Bonchev–Trinajstić information content (AvgIpc) is 3.99. The Bertz CT molecular complexity index is 2550. The van der Waals surface area contributed by atoms with Gasteiger partial charge in [-0.2, -0.15) is 0 Å².